The Balaban J connectivity index is 4.09. The van der Waals surface area contributed by atoms with Crippen molar-refractivity contribution in [2.75, 3.05) is 6.54 Å². The van der Waals surface area contributed by atoms with Crippen LogP contribution in [-0.4, -0.2) is 18.5 Å². The molecule has 0 saturated carbocycles. The van der Waals surface area contributed by atoms with Gasteiger partial charge >= 0.3 is 0 Å². The molecule has 0 saturated heterocycles. The van der Waals surface area contributed by atoms with Gasteiger partial charge in [-0.2, -0.15) is 0 Å². The highest BCUT2D eigenvalue weighted by atomic mass is 16.2. The summed E-state index contributed by atoms with van der Waals surface area (Å²) in [6.45, 7) is 5.84. The van der Waals surface area contributed by atoms with E-state index in [9.17, 15) is 4.79 Å². The molecule has 0 aromatic rings. The SMILES string of the molecule is C#CCC(C)NC(=O)C(C)(C)CN. The molecule has 0 aromatic heterocycles. The third-order valence-corrected chi connectivity index (χ3v) is 1.93. The van der Waals surface area contributed by atoms with Gasteiger partial charge in [0, 0.05) is 19.0 Å². The van der Waals surface area contributed by atoms with Gasteiger partial charge in [0.25, 0.3) is 0 Å². The van der Waals surface area contributed by atoms with Crippen LogP contribution in [0.25, 0.3) is 0 Å². The lowest BCUT2D eigenvalue weighted by Gasteiger charge is -2.23. The first kappa shape index (κ1) is 12.0. The number of hydrogen-bond acceptors (Lipinski definition) is 2. The first-order valence-electron chi connectivity index (χ1n) is 4.38. The Bertz CT molecular complexity index is 215. The summed E-state index contributed by atoms with van der Waals surface area (Å²) in [5, 5.41) is 2.81. The molecule has 0 bridgehead atoms. The van der Waals surface area contributed by atoms with E-state index < -0.39 is 5.41 Å². The molecule has 1 amide bonds. The minimum absolute atomic E-state index is 0.0170. The van der Waals surface area contributed by atoms with Gasteiger partial charge in [0.1, 0.15) is 0 Å². The van der Waals surface area contributed by atoms with E-state index in [4.69, 9.17) is 12.2 Å². The summed E-state index contributed by atoms with van der Waals surface area (Å²) in [6.07, 6.45) is 5.67. The molecule has 0 radical (unpaired) electrons. The highest BCUT2D eigenvalue weighted by Gasteiger charge is 2.26. The molecule has 0 heterocycles. The highest BCUT2D eigenvalue weighted by molar-refractivity contribution is 5.82. The fourth-order valence-corrected chi connectivity index (χ4v) is 0.740. The Hall–Kier alpha value is -1.01. The first-order valence-corrected chi connectivity index (χ1v) is 4.38. The van der Waals surface area contributed by atoms with Gasteiger partial charge in [-0.15, -0.1) is 12.3 Å². The molecule has 1 unspecified atom stereocenters. The van der Waals surface area contributed by atoms with Crippen molar-refractivity contribution < 1.29 is 4.79 Å². The molecule has 1 atom stereocenters. The number of rotatable bonds is 4. The summed E-state index contributed by atoms with van der Waals surface area (Å²) in [5.74, 6) is 2.45. The van der Waals surface area contributed by atoms with Crippen molar-refractivity contribution in [1.82, 2.24) is 5.32 Å². The van der Waals surface area contributed by atoms with Crippen molar-refractivity contribution in [1.29, 1.82) is 0 Å². The van der Waals surface area contributed by atoms with E-state index in [0.29, 0.717) is 13.0 Å². The van der Waals surface area contributed by atoms with Gasteiger partial charge in [-0.05, 0) is 20.8 Å². The maximum atomic E-state index is 11.5. The minimum Gasteiger partial charge on any atom is -0.352 e. The fourth-order valence-electron chi connectivity index (χ4n) is 0.740. The molecule has 74 valence electrons. The topological polar surface area (TPSA) is 55.1 Å². The van der Waals surface area contributed by atoms with E-state index in [-0.39, 0.29) is 11.9 Å². The molecule has 13 heavy (non-hydrogen) atoms. The molecule has 0 rings (SSSR count). The molecule has 3 heteroatoms. The van der Waals surface area contributed by atoms with E-state index in [0.717, 1.165) is 0 Å². The molecule has 0 aliphatic heterocycles. The van der Waals surface area contributed by atoms with Crippen molar-refractivity contribution in [3.8, 4) is 12.3 Å². The maximum absolute atomic E-state index is 11.5. The number of carbonyl (C=O) groups excluding carboxylic acids is 1. The van der Waals surface area contributed by atoms with Crippen LogP contribution in [0.4, 0.5) is 0 Å². The summed E-state index contributed by atoms with van der Waals surface area (Å²) in [7, 11) is 0. The number of amides is 1. The average Bonchev–Trinajstić information content (AvgIpc) is 2.04. The number of carbonyl (C=O) groups is 1. The second kappa shape index (κ2) is 4.88. The third kappa shape index (κ3) is 3.95. The lowest BCUT2D eigenvalue weighted by Crippen LogP contribution is -2.45. The normalized spacial score (nSPS) is 13.2. The molecule has 3 N–H and O–H groups in total. The molecule has 0 aliphatic rings. The van der Waals surface area contributed by atoms with E-state index in [2.05, 4.69) is 11.2 Å². The Morgan fingerprint density at radius 3 is 2.62 bits per heavy atom. The average molecular weight is 182 g/mol. The van der Waals surface area contributed by atoms with E-state index in [1.807, 2.05) is 20.8 Å². The molecule has 0 fully saturated rings. The van der Waals surface area contributed by atoms with Crippen molar-refractivity contribution in [3.05, 3.63) is 0 Å². The van der Waals surface area contributed by atoms with Gasteiger partial charge in [0.05, 0.1) is 5.41 Å². The van der Waals surface area contributed by atoms with Crippen LogP contribution in [0.15, 0.2) is 0 Å². The van der Waals surface area contributed by atoms with Gasteiger partial charge in [0.2, 0.25) is 5.91 Å². The van der Waals surface area contributed by atoms with E-state index >= 15 is 0 Å². The van der Waals surface area contributed by atoms with Crippen LogP contribution in [0.3, 0.4) is 0 Å². The van der Waals surface area contributed by atoms with Crippen molar-refractivity contribution in [2.24, 2.45) is 11.1 Å². The molecule has 0 spiro atoms. The lowest BCUT2D eigenvalue weighted by molar-refractivity contribution is -0.129. The zero-order valence-corrected chi connectivity index (χ0v) is 8.55. The lowest BCUT2D eigenvalue weighted by atomic mass is 9.92. The van der Waals surface area contributed by atoms with Crippen molar-refractivity contribution >= 4 is 5.91 Å². The largest absolute Gasteiger partial charge is 0.352 e. The quantitative estimate of drug-likeness (QED) is 0.622. The molecule has 0 aromatic carbocycles. The maximum Gasteiger partial charge on any atom is 0.227 e. The van der Waals surface area contributed by atoms with Crippen LogP contribution in [-0.2, 0) is 4.79 Å². The number of nitrogens with one attached hydrogen (secondary N) is 1. The predicted octanol–water partition coefficient (Wildman–Crippen LogP) is 0.499. The van der Waals surface area contributed by atoms with Gasteiger partial charge in [-0.3, -0.25) is 4.79 Å². The minimum atomic E-state index is -0.511. The summed E-state index contributed by atoms with van der Waals surface area (Å²) >= 11 is 0. The molecular formula is C10H18N2O. The third-order valence-electron chi connectivity index (χ3n) is 1.93. The van der Waals surface area contributed by atoms with Crippen LogP contribution in [0.1, 0.15) is 27.2 Å². The number of nitrogens with two attached hydrogens (primary N) is 1. The second-order valence-corrected chi connectivity index (χ2v) is 3.87. The van der Waals surface area contributed by atoms with Gasteiger partial charge < -0.3 is 11.1 Å². The van der Waals surface area contributed by atoms with Gasteiger partial charge in [0.15, 0.2) is 0 Å². The number of hydrogen-bond donors (Lipinski definition) is 2. The van der Waals surface area contributed by atoms with Crippen molar-refractivity contribution in [2.45, 2.75) is 33.2 Å². The summed E-state index contributed by atoms with van der Waals surface area (Å²) in [4.78, 5) is 11.5. The fraction of sp³-hybridized carbons (Fsp3) is 0.700. The Kier molecular flexibility index (Phi) is 4.50. The smallest absolute Gasteiger partial charge is 0.227 e. The van der Waals surface area contributed by atoms with Crippen LogP contribution in [0, 0.1) is 17.8 Å². The van der Waals surface area contributed by atoms with E-state index in [1.165, 1.54) is 0 Å². The molecular weight excluding hydrogens is 164 g/mol. The number of terminal acetylenes is 1. The first-order chi connectivity index (χ1) is 5.94. The summed E-state index contributed by atoms with van der Waals surface area (Å²) in [5.41, 5.74) is 4.94. The zero-order valence-electron chi connectivity index (χ0n) is 8.55. The van der Waals surface area contributed by atoms with Crippen molar-refractivity contribution in [3.63, 3.8) is 0 Å². The summed E-state index contributed by atoms with van der Waals surface area (Å²) in [6, 6.07) is 0.0170. The predicted molar refractivity (Wildman–Crippen MR) is 53.9 cm³/mol. The molecule has 3 nitrogen and oxygen atoms in total. The van der Waals surface area contributed by atoms with Gasteiger partial charge in [-0.1, -0.05) is 0 Å². The van der Waals surface area contributed by atoms with Crippen LogP contribution in [0.2, 0.25) is 0 Å². The van der Waals surface area contributed by atoms with Crippen LogP contribution in [0.5, 0.6) is 0 Å². The van der Waals surface area contributed by atoms with Crippen LogP contribution >= 0.6 is 0 Å². The standard InChI is InChI=1S/C10H18N2O/c1-5-6-8(2)12-9(13)10(3,4)7-11/h1,8H,6-7,11H2,2-4H3,(H,12,13). The highest BCUT2D eigenvalue weighted by Crippen LogP contribution is 2.12. The van der Waals surface area contributed by atoms with Crippen LogP contribution < -0.4 is 11.1 Å². The zero-order chi connectivity index (χ0) is 10.5. The Labute approximate surface area is 80.1 Å². The second-order valence-electron chi connectivity index (χ2n) is 3.87. The summed E-state index contributed by atoms with van der Waals surface area (Å²) < 4.78 is 0. The van der Waals surface area contributed by atoms with Gasteiger partial charge in [-0.25, -0.2) is 0 Å². The Morgan fingerprint density at radius 2 is 2.23 bits per heavy atom. The molecule has 0 aliphatic carbocycles. The Morgan fingerprint density at radius 1 is 1.69 bits per heavy atom. The monoisotopic (exact) mass is 182 g/mol. The van der Waals surface area contributed by atoms with E-state index in [1.54, 1.807) is 0 Å².